The van der Waals surface area contributed by atoms with Crippen LogP contribution in [0.15, 0.2) is 30.5 Å². The van der Waals surface area contributed by atoms with Crippen molar-refractivity contribution in [1.82, 2.24) is 14.8 Å². The maximum Gasteiger partial charge on any atom is 0.407 e. The molecule has 22 heavy (non-hydrogen) atoms. The van der Waals surface area contributed by atoms with E-state index in [9.17, 15) is 10.1 Å². The lowest BCUT2D eigenvalue weighted by atomic mass is 10.1. The zero-order valence-corrected chi connectivity index (χ0v) is 12.2. The van der Waals surface area contributed by atoms with E-state index in [-0.39, 0.29) is 6.04 Å². The van der Waals surface area contributed by atoms with Gasteiger partial charge >= 0.3 is 6.09 Å². The smallest absolute Gasteiger partial charge is 0.407 e. The lowest BCUT2D eigenvalue weighted by Crippen LogP contribution is -2.52. The molecule has 0 aliphatic carbocycles. The molecule has 0 radical (unpaired) electrons. The summed E-state index contributed by atoms with van der Waals surface area (Å²) in [6, 6.07) is 10.2. The van der Waals surface area contributed by atoms with Gasteiger partial charge < -0.3 is 19.9 Å². The third kappa shape index (κ3) is 2.76. The normalized spacial score (nSPS) is 18.3. The number of carboxylic acid groups (broad SMARTS) is 1. The van der Waals surface area contributed by atoms with E-state index in [0.29, 0.717) is 25.2 Å². The van der Waals surface area contributed by atoms with E-state index < -0.39 is 6.09 Å². The topological polar surface area (TPSA) is 81.3 Å². The molecule has 1 atom stereocenters. The number of para-hydroxylation sites is 1. The van der Waals surface area contributed by atoms with Gasteiger partial charge in [0.25, 0.3) is 0 Å². The van der Waals surface area contributed by atoms with Crippen LogP contribution in [0.4, 0.5) is 4.79 Å². The summed E-state index contributed by atoms with van der Waals surface area (Å²) >= 11 is 0. The minimum Gasteiger partial charge on any atom is -0.465 e. The number of piperazine rings is 1. The molecular weight excluding hydrogens is 280 g/mol. The van der Waals surface area contributed by atoms with E-state index >= 15 is 0 Å². The summed E-state index contributed by atoms with van der Waals surface area (Å²) in [5, 5.41) is 22.6. The molecule has 2 aromatic rings. The Hall–Kier alpha value is -2.52. The average molecular weight is 298 g/mol. The molecule has 6 heteroatoms. The van der Waals surface area contributed by atoms with Crippen LogP contribution in [-0.4, -0.2) is 46.3 Å². The number of hydrogen-bond donors (Lipinski definition) is 2. The molecule has 1 aliphatic heterocycles. The number of aromatic nitrogens is 1. The highest BCUT2D eigenvalue weighted by molar-refractivity contribution is 5.86. The number of fused-ring (bicyclic) bond motifs is 1. The van der Waals surface area contributed by atoms with Crippen molar-refractivity contribution in [1.29, 1.82) is 5.26 Å². The molecule has 2 heterocycles. The minimum atomic E-state index is -0.857. The Kier molecular flexibility index (Phi) is 3.98. The number of nitriles is 1. The molecule has 0 spiro atoms. The van der Waals surface area contributed by atoms with Gasteiger partial charge in [0.15, 0.2) is 0 Å². The van der Waals surface area contributed by atoms with Crippen LogP contribution in [0.2, 0.25) is 0 Å². The van der Waals surface area contributed by atoms with E-state index in [2.05, 4.69) is 16.0 Å². The third-order valence-electron chi connectivity index (χ3n) is 4.15. The second kappa shape index (κ2) is 6.08. The van der Waals surface area contributed by atoms with Crippen LogP contribution < -0.4 is 5.32 Å². The summed E-state index contributed by atoms with van der Waals surface area (Å²) in [6.45, 7) is 2.50. The van der Waals surface area contributed by atoms with E-state index in [1.165, 1.54) is 4.90 Å². The number of aryl methyl sites for hydroxylation is 1. The number of hydrogen-bond acceptors (Lipinski definition) is 3. The zero-order chi connectivity index (χ0) is 15.5. The van der Waals surface area contributed by atoms with Crippen molar-refractivity contribution in [3.8, 4) is 6.07 Å². The average Bonchev–Trinajstić information content (AvgIpc) is 2.91. The number of benzene rings is 1. The van der Waals surface area contributed by atoms with Crippen molar-refractivity contribution in [2.45, 2.75) is 19.0 Å². The molecular formula is C16H18N4O2. The van der Waals surface area contributed by atoms with Crippen molar-refractivity contribution in [2.75, 3.05) is 19.6 Å². The van der Waals surface area contributed by atoms with Crippen LogP contribution in [-0.2, 0) is 6.54 Å². The molecule has 114 valence electrons. The summed E-state index contributed by atoms with van der Waals surface area (Å²) in [5.41, 5.74) is 1.73. The van der Waals surface area contributed by atoms with Gasteiger partial charge in [-0.15, -0.1) is 0 Å². The molecule has 0 bridgehead atoms. The Morgan fingerprint density at radius 3 is 3.05 bits per heavy atom. The summed E-state index contributed by atoms with van der Waals surface area (Å²) in [4.78, 5) is 12.5. The van der Waals surface area contributed by atoms with Crippen LogP contribution in [0.25, 0.3) is 10.9 Å². The summed E-state index contributed by atoms with van der Waals surface area (Å²) in [6.07, 6.45) is 1.85. The first-order valence-electron chi connectivity index (χ1n) is 7.38. The van der Waals surface area contributed by atoms with Gasteiger partial charge in [0.05, 0.1) is 5.56 Å². The van der Waals surface area contributed by atoms with Gasteiger partial charge in [-0.1, -0.05) is 18.2 Å². The van der Waals surface area contributed by atoms with Gasteiger partial charge in [0.1, 0.15) is 6.07 Å². The molecule has 3 rings (SSSR count). The molecule has 0 unspecified atom stereocenters. The monoisotopic (exact) mass is 298 g/mol. The Bertz CT molecular complexity index is 731. The number of nitrogens with one attached hydrogen (secondary N) is 1. The van der Waals surface area contributed by atoms with Gasteiger partial charge in [-0.05, 0) is 12.5 Å². The highest BCUT2D eigenvalue weighted by atomic mass is 16.4. The van der Waals surface area contributed by atoms with E-state index in [1.807, 2.05) is 30.5 Å². The summed E-state index contributed by atoms with van der Waals surface area (Å²) in [7, 11) is 0. The fraction of sp³-hybridized carbons (Fsp3) is 0.375. The van der Waals surface area contributed by atoms with Crippen molar-refractivity contribution >= 4 is 17.0 Å². The molecule has 2 N–H and O–H groups in total. The van der Waals surface area contributed by atoms with E-state index in [4.69, 9.17) is 5.11 Å². The van der Waals surface area contributed by atoms with Gasteiger partial charge in [-0.3, -0.25) is 0 Å². The van der Waals surface area contributed by atoms with Crippen LogP contribution in [0, 0.1) is 11.3 Å². The molecule has 6 nitrogen and oxygen atoms in total. The first kappa shape index (κ1) is 14.4. The third-order valence-corrected chi connectivity index (χ3v) is 4.15. The highest BCUT2D eigenvalue weighted by Crippen LogP contribution is 2.21. The van der Waals surface area contributed by atoms with Crippen molar-refractivity contribution in [3.63, 3.8) is 0 Å². The zero-order valence-electron chi connectivity index (χ0n) is 12.2. The fourth-order valence-electron chi connectivity index (χ4n) is 3.01. The molecule has 1 saturated heterocycles. The maximum absolute atomic E-state index is 11.0. The van der Waals surface area contributed by atoms with Crippen LogP contribution in [0.1, 0.15) is 12.0 Å². The largest absolute Gasteiger partial charge is 0.465 e. The Labute approximate surface area is 128 Å². The van der Waals surface area contributed by atoms with E-state index in [1.54, 1.807) is 0 Å². The Balaban J connectivity index is 1.72. The van der Waals surface area contributed by atoms with Crippen molar-refractivity contribution in [2.24, 2.45) is 0 Å². The van der Waals surface area contributed by atoms with Crippen molar-refractivity contribution < 1.29 is 9.90 Å². The molecule has 0 saturated carbocycles. The van der Waals surface area contributed by atoms with Gasteiger partial charge in [0, 0.05) is 49.3 Å². The lowest BCUT2D eigenvalue weighted by Gasteiger charge is -2.31. The van der Waals surface area contributed by atoms with E-state index in [0.717, 1.165) is 23.9 Å². The van der Waals surface area contributed by atoms with Crippen LogP contribution in [0.5, 0.6) is 0 Å². The van der Waals surface area contributed by atoms with Crippen LogP contribution >= 0.6 is 0 Å². The Morgan fingerprint density at radius 2 is 2.27 bits per heavy atom. The number of amides is 1. The standard InChI is InChI=1S/C16H18N4O2/c17-9-12-10-19(15-4-2-1-3-14(12)15)7-5-13-11-20(16(21)22)8-6-18-13/h1-4,10,13,18H,5-8,11H2,(H,21,22)/t13-/m1/s1. The molecule has 1 aromatic carbocycles. The summed E-state index contributed by atoms with van der Waals surface area (Å²) < 4.78 is 2.08. The molecule has 1 aliphatic rings. The fourth-order valence-corrected chi connectivity index (χ4v) is 3.01. The lowest BCUT2D eigenvalue weighted by molar-refractivity contribution is 0.127. The van der Waals surface area contributed by atoms with Gasteiger partial charge in [-0.2, -0.15) is 5.26 Å². The number of rotatable bonds is 3. The quantitative estimate of drug-likeness (QED) is 0.906. The maximum atomic E-state index is 11.0. The van der Waals surface area contributed by atoms with Crippen molar-refractivity contribution in [3.05, 3.63) is 36.0 Å². The Morgan fingerprint density at radius 1 is 1.45 bits per heavy atom. The number of carbonyl (C=O) groups is 1. The predicted molar refractivity (Wildman–Crippen MR) is 82.7 cm³/mol. The second-order valence-corrected chi connectivity index (χ2v) is 5.53. The minimum absolute atomic E-state index is 0.150. The summed E-state index contributed by atoms with van der Waals surface area (Å²) in [5.74, 6) is 0. The first-order chi connectivity index (χ1) is 10.7. The second-order valence-electron chi connectivity index (χ2n) is 5.53. The molecule has 1 aromatic heterocycles. The predicted octanol–water partition coefficient (Wildman–Crippen LogP) is 1.85. The number of nitrogens with zero attached hydrogens (tertiary/aromatic N) is 3. The SMILES string of the molecule is N#Cc1cn(CC[C@@H]2CN(C(=O)O)CCN2)c2ccccc12. The van der Waals surface area contributed by atoms with Crippen LogP contribution in [0.3, 0.4) is 0 Å². The van der Waals surface area contributed by atoms with Gasteiger partial charge in [0.2, 0.25) is 0 Å². The molecule has 1 fully saturated rings. The van der Waals surface area contributed by atoms with Gasteiger partial charge in [-0.25, -0.2) is 4.79 Å². The first-order valence-corrected chi connectivity index (χ1v) is 7.38. The molecule has 1 amide bonds. The highest BCUT2D eigenvalue weighted by Gasteiger charge is 2.22.